The molecule has 0 aliphatic heterocycles. The van der Waals surface area contributed by atoms with Gasteiger partial charge in [-0.05, 0) is 11.6 Å². The molecule has 25 heavy (non-hydrogen) atoms. The van der Waals surface area contributed by atoms with E-state index in [1.807, 2.05) is 35.2 Å². The van der Waals surface area contributed by atoms with Crippen molar-refractivity contribution in [3.8, 4) is 12.3 Å². The SMILES string of the molecule is C#CCOCC(O)CN(Cc1ccccc1)Cc1ccc(F)cc1F. The summed E-state index contributed by atoms with van der Waals surface area (Å²) in [5.74, 6) is 1.12. The molecule has 0 spiro atoms. The van der Waals surface area contributed by atoms with E-state index in [1.54, 1.807) is 0 Å². The average molecular weight is 345 g/mol. The number of aliphatic hydroxyl groups excluding tert-OH is 1. The lowest BCUT2D eigenvalue weighted by Gasteiger charge is -2.25. The van der Waals surface area contributed by atoms with Crippen molar-refractivity contribution >= 4 is 0 Å². The lowest BCUT2D eigenvalue weighted by molar-refractivity contribution is 0.0241. The molecular weight excluding hydrogens is 324 g/mol. The van der Waals surface area contributed by atoms with Gasteiger partial charge in [-0.2, -0.15) is 0 Å². The number of nitrogens with zero attached hydrogens (tertiary/aromatic N) is 1. The highest BCUT2D eigenvalue weighted by molar-refractivity contribution is 5.19. The third-order valence-corrected chi connectivity index (χ3v) is 3.62. The van der Waals surface area contributed by atoms with E-state index in [1.165, 1.54) is 12.1 Å². The molecule has 0 radical (unpaired) electrons. The van der Waals surface area contributed by atoms with E-state index in [9.17, 15) is 13.9 Å². The Morgan fingerprint density at radius 2 is 1.88 bits per heavy atom. The van der Waals surface area contributed by atoms with Crippen molar-refractivity contribution in [3.63, 3.8) is 0 Å². The van der Waals surface area contributed by atoms with E-state index >= 15 is 0 Å². The van der Waals surface area contributed by atoms with Crippen LogP contribution in [0.4, 0.5) is 8.78 Å². The summed E-state index contributed by atoms with van der Waals surface area (Å²) in [6.45, 7) is 1.26. The van der Waals surface area contributed by atoms with Crippen LogP contribution in [0.15, 0.2) is 48.5 Å². The summed E-state index contributed by atoms with van der Waals surface area (Å²) < 4.78 is 32.2. The minimum Gasteiger partial charge on any atom is -0.389 e. The average Bonchev–Trinajstić information content (AvgIpc) is 2.58. The predicted molar refractivity (Wildman–Crippen MR) is 92.6 cm³/mol. The van der Waals surface area contributed by atoms with E-state index in [0.717, 1.165) is 11.6 Å². The first-order valence-corrected chi connectivity index (χ1v) is 7.98. The van der Waals surface area contributed by atoms with Crippen molar-refractivity contribution in [2.24, 2.45) is 0 Å². The fraction of sp³-hybridized carbons (Fsp3) is 0.300. The molecule has 0 heterocycles. The number of hydrogen-bond acceptors (Lipinski definition) is 3. The molecule has 0 saturated carbocycles. The van der Waals surface area contributed by atoms with E-state index < -0.39 is 17.7 Å². The lowest BCUT2D eigenvalue weighted by atomic mass is 10.1. The first kappa shape index (κ1) is 19.1. The predicted octanol–water partition coefficient (Wildman–Crippen LogP) is 2.98. The number of aliphatic hydroxyl groups is 1. The first-order chi connectivity index (χ1) is 12.1. The summed E-state index contributed by atoms with van der Waals surface area (Å²) >= 11 is 0. The van der Waals surface area contributed by atoms with Crippen LogP contribution in [0, 0.1) is 24.0 Å². The summed E-state index contributed by atoms with van der Waals surface area (Å²) in [5.41, 5.74) is 1.40. The Morgan fingerprint density at radius 3 is 2.56 bits per heavy atom. The van der Waals surface area contributed by atoms with Gasteiger partial charge in [-0.3, -0.25) is 4.90 Å². The molecule has 132 valence electrons. The van der Waals surface area contributed by atoms with Gasteiger partial charge in [-0.15, -0.1) is 6.42 Å². The molecule has 2 rings (SSSR count). The van der Waals surface area contributed by atoms with Crippen LogP contribution in [0.25, 0.3) is 0 Å². The van der Waals surface area contributed by atoms with Crippen LogP contribution in [0.3, 0.4) is 0 Å². The lowest BCUT2D eigenvalue weighted by Crippen LogP contribution is -2.34. The number of terminal acetylenes is 1. The molecule has 0 aliphatic rings. The second-order valence-electron chi connectivity index (χ2n) is 5.76. The van der Waals surface area contributed by atoms with E-state index in [2.05, 4.69) is 5.92 Å². The minimum absolute atomic E-state index is 0.0986. The van der Waals surface area contributed by atoms with Gasteiger partial charge in [-0.1, -0.05) is 42.3 Å². The van der Waals surface area contributed by atoms with Crippen molar-refractivity contribution in [1.82, 2.24) is 4.90 Å². The van der Waals surface area contributed by atoms with Crippen LogP contribution in [0.5, 0.6) is 0 Å². The van der Waals surface area contributed by atoms with Gasteiger partial charge >= 0.3 is 0 Å². The summed E-state index contributed by atoms with van der Waals surface area (Å²) in [7, 11) is 0. The second kappa shape index (κ2) is 9.90. The number of benzene rings is 2. The molecule has 1 unspecified atom stereocenters. The Kier molecular flexibility index (Phi) is 7.55. The van der Waals surface area contributed by atoms with Crippen molar-refractivity contribution in [1.29, 1.82) is 0 Å². The smallest absolute Gasteiger partial charge is 0.130 e. The van der Waals surface area contributed by atoms with E-state index in [0.29, 0.717) is 12.1 Å². The van der Waals surface area contributed by atoms with E-state index in [-0.39, 0.29) is 26.3 Å². The maximum Gasteiger partial charge on any atom is 0.130 e. The Hall–Kier alpha value is -2.26. The van der Waals surface area contributed by atoms with Crippen LogP contribution in [-0.2, 0) is 17.8 Å². The summed E-state index contributed by atoms with van der Waals surface area (Å²) in [6, 6.07) is 13.2. The normalized spacial score (nSPS) is 12.1. The molecule has 5 heteroatoms. The standard InChI is InChI=1S/C20H21F2NO2/c1-2-10-25-15-19(24)14-23(12-16-6-4-3-5-7-16)13-17-8-9-18(21)11-20(17)22/h1,3-9,11,19,24H,10,12-15H2. The van der Waals surface area contributed by atoms with Crippen LogP contribution in [0.2, 0.25) is 0 Å². The highest BCUT2D eigenvalue weighted by Gasteiger charge is 2.15. The van der Waals surface area contributed by atoms with Gasteiger partial charge in [-0.25, -0.2) is 8.78 Å². The summed E-state index contributed by atoms with van der Waals surface area (Å²) in [5, 5.41) is 10.1. The number of ether oxygens (including phenoxy) is 1. The maximum atomic E-state index is 14.0. The molecule has 0 fully saturated rings. The quantitative estimate of drug-likeness (QED) is 0.560. The summed E-state index contributed by atoms with van der Waals surface area (Å²) in [4.78, 5) is 1.88. The van der Waals surface area contributed by atoms with Gasteiger partial charge in [0.25, 0.3) is 0 Å². The van der Waals surface area contributed by atoms with Gasteiger partial charge < -0.3 is 9.84 Å². The largest absolute Gasteiger partial charge is 0.389 e. The van der Waals surface area contributed by atoms with Gasteiger partial charge in [0.1, 0.15) is 18.2 Å². The monoisotopic (exact) mass is 345 g/mol. The van der Waals surface area contributed by atoms with Crippen LogP contribution in [-0.4, -0.2) is 35.9 Å². The zero-order valence-corrected chi connectivity index (χ0v) is 13.9. The highest BCUT2D eigenvalue weighted by atomic mass is 19.1. The van der Waals surface area contributed by atoms with Crippen molar-refractivity contribution < 1.29 is 18.6 Å². The van der Waals surface area contributed by atoms with Gasteiger partial charge in [0.15, 0.2) is 0 Å². The van der Waals surface area contributed by atoms with Crippen molar-refractivity contribution in [2.45, 2.75) is 19.2 Å². The molecule has 2 aromatic carbocycles. The molecule has 0 saturated heterocycles. The number of hydrogen-bond donors (Lipinski definition) is 1. The third kappa shape index (κ3) is 6.63. The Balaban J connectivity index is 2.06. The summed E-state index contributed by atoms with van der Waals surface area (Å²) in [6.07, 6.45) is 4.35. The number of rotatable bonds is 9. The zero-order valence-electron chi connectivity index (χ0n) is 13.9. The minimum atomic E-state index is -0.763. The Bertz CT molecular complexity index is 701. The molecule has 0 amide bonds. The zero-order chi connectivity index (χ0) is 18.1. The number of halogens is 2. The van der Waals surface area contributed by atoms with Gasteiger partial charge in [0, 0.05) is 31.3 Å². The fourth-order valence-electron chi connectivity index (χ4n) is 2.52. The fourth-order valence-corrected chi connectivity index (χ4v) is 2.52. The maximum absolute atomic E-state index is 14.0. The molecule has 0 aromatic heterocycles. The van der Waals surface area contributed by atoms with Crippen molar-refractivity contribution in [2.75, 3.05) is 19.8 Å². The topological polar surface area (TPSA) is 32.7 Å². The molecule has 2 aromatic rings. The Morgan fingerprint density at radius 1 is 1.12 bits per heavy atom. The molecule has 3 nitrogen and oxygen atoms in total. The first-order valence-electron chi connectivity index (χ1n) is 7.98. The Labute approximate surface area is 146 Å². The molecule has 1 N–H and O–H groups in total. The molecule has 0 bridgehead atoms. The van der Waals surface area contributed by atoms with E-state index in [4.69, 9.17) is 11.2 Å². The molecule has 0 aliphatic carbocycles. The second-order valence-corrected chi connectivity index (χ2v) is 5.76. The highest BCUT2D eigenvalue weighted by Crippen LogP contribution is 2.15. The molecule has 1 atom stereocenters. The van der Waals surface area contributed by atoms with Crippen LogP contribution >= 0.6 is 0 Å². The third-order valence-electron chi connectivity index (χ3n) is 3.62. The van der Waals surface area contributed by atoms with Crippen molar-refractivity contribution in [3.05, 3.63) is 71.3 Å². The van der Waals surface area contributed by atoms with Gasteiger partial charge in [0.05, 0.1) is 12.7 Å². The van der Waals surface area contributed by atoms with Crippen LogP contribution < -0.4 is 0 Å². The van der Waals surface area contributed by atoms with Gasteiger partial charge in [0.2, 0.25) is 0 Å². The molecular formula is C20H21F2NO2. The van der Waals surface area contributed by atoms with Crippen LogP contribution in [0.1, 0.15) is 11.1 Å².